The lowest BCUT2D eigenvalue weighted by Crippen LogP contribution is -2.28. The summed E-state index contributed by atoms with van der Waals surface area (Å²) in [7, 11) is 0.00168. The Morgan fingerprint density at radius 2 is 1.05 bits per heavy atom. The lowest BCUT2D eigenvalue weighted by molar-refractivity contribution is 0.481. The lowest BCUT2D eigenvalue weighted by atomic mass is 9.99. The van der Waals surface area contributed by atoms with Crippen LogP contribution in [0.5, 0.6) is 0 Å². The second kappa shape index (κ2) is 6.82. The monoisotopic (exact) mass is 326 g/mol. The molecule has 4 rings (SSSR count). The van der Waals surface area contributed by atoms with Gasteiger partial charge in [-0.3, -0.25) is 0 Å². The molecule has 2 aromatic carbocycles. The van der Waals surface area contributed by atoms with Crippen molar-refractivity contribution in [3.8, 4) is 0 Å². The molecule has 0 amide bonds. The van der Waals surface area contributed by atoms with Crippen LogP contribution in [0.3, 0.4) is 0 Å². The first kappa shape index (κ1) is 14.9. The van der Waals surface area contributed by atoms with Crippen molar-refractivity contribution in [2.45, 2.75) is 49.8 Å². The highest BCUT2D eigenvalue weighted by Gasteiger charge is 2.41. The normalized spacial score (nSPS) is 27.8. The fourth-order valence-electron chi connectivity index (χ4n) is 4.17. The number of hydrogen-bond donors (Lipinski definition) is 0. The maximum Gasteiger partial charge on any atom is -0.0152 e. The van der Waals surface area contributed by atoms with E-state index >= 15 is 0 Å². The fourth-order valence-corrected chi connectivity index (χ4v) is 14.7. The second-order valence-corrected chi connectivity index (χ2v) is 13.0. The largest absolute Gasteiger partial charge is 0.0654 e. The summed E-state index contributed by atoms with van der Waals surface area (Å²) in [5.41, 5.74) is 2.07. The van der Waals surface area contributed by atoms with Gasteiger partial charge in [-0.25, -0.2) is 0 Å². The Morgan fingerprint density at radius 1 is 0.636 bits per heavy atom. The van der Waals surface area contributed by atoms with Crippen LogP contribution in [-0.2, 0) is 0 Å². The minimum atomic E-state index is -0.137. The zero-order valence-corrected chi connectivity index (χ0v) is 14.9. The molecule has 0 aliphatic carbocycles. The van der Waals surface area contributed by atoms with Gasteiger partial charge in [0.25, 0.3) is 0 Å². The molecule has 0 radical (unpaired) electrons. The third kappa shape index (κ3) is 2.89. The maximum absolute atomic E-state index is 2.39. The van der Waals surface area contributed by atoms with E-state index in [0.717, 1.165) is 11.3 Å². The Hall–Kier alpha value is -0.700. The Bertz CT molecular complexity index is 534. The SMILES string of the molecule is c1ccc(P(c2ccccc2)P2C3CCCC2CCC3)cc1. The van der Waals surface area contributed by atoms with E-state index < -0.39 is 0 Å². The lowest BCUT2D eigenvalue weighted by Gasteiger charge is -2.47. The highest BCUT2D eigenvalue weighted by Crippen LogP contribution is 2.78. The van der Waals surface area contributed by atoms with Gasteiger partial charge in [0.1, 0.15) is 0 Å². The standard InChI is InChI=1S/C20H24P2/c1-3-9-17(10-4-1)21(18-11-5-2-6-12-18)22-19-13-7-14-20(22)16-8-15-19/h1-6,9-12,19-20H,7-8,13-16H2. The van der Waals surface area contributed by atoms with E-state index in [2.05, 4.69) is 60.7 Å². The molecule has 2 aliphatic rings. The van der Waals surface area contributed by atoms with Gasteiger partial charge in [-0.05, 0) is 55.2 Å². The molecule has 2 heterocycles. The average Bonchev–Trinajstić information content (AvgIpc) is 2.57. The van der Waals surface area contributed by atoms with E-state index in [4.69, 9.17) is 0 Å². The molecule has 0 unspecified atom stereocenters. The maximum atomic E-state index is 2.39. The van der Waals surface area contributed by atoms with Gasteiger partial charge in [-0.1, -0.05) is 81.1 Å². The number of hydrogen-bond acceptors (Lipinski definition) is 0. The number of fused-ring (bicyclic) bond motifs is 2. The summed E-state index contributed by atoms with van der Waals surface area (Å²) in [5.74, 6) is 0. The van der Waals surface area contributed by atoms with Gasteiger partial charge in [0.2, 0.25) is 0 Å². The van der Waals surface area contributed by atoms with Crippen molar-refractivity contribution in [2.75, 3.05) is 0 Å². The Morgan fingerprint density at radius 3 is 1.45 bits per heavy atom. The first-order valence-electron chi connectivity index (χ1n) is 8.62. The van der Waals surface area contributed by atoms with Crippen LogP contribution in [0.4, 0.5) is 0 Å². The molecule has 2 aliphatic heterocycles. The highest BCUT2D eigenvalue weighted by atomic mass is 32.1. The van der Waals surface area contributed by atoms with Crippen molar-refractivity contribution < 1.29 is 0 Å². The predicted octanol–water partition coefficient (Wildman–Crippen LogP) is 5.62. The molecule has 2 saturated heterocycles. The molecule has 22 heavy (non-hydrogen) atoms. The molecule has 0 spiro atoms. The first-order valence-corrected chi connectivity index (χ1v) is 12.1. The molecule has 114 valence electrons. The van der Waals surface area contributed by atoms with Crippen LogP contribution >= 0.6 is 15.2 Å². The number of rotatable bonds is 3. The fraction of sp³-hybridized carbons (Fsp3) is 0.400. The Balaban J connectivity index is 1.77. The summed E-state index contributed by atoms with van der Waals surface area (Å²) < 4.78 is 0. The zero-order chi connectivity index (χ0) is 14.8. The van der Waals surface area contributed by atoms with Crippen molar-refractivity contribution in [3.63, 3.8) is 0 Å². The third-order valence-corrected chi connectivity index (χ3v) is 14.4. The summed E-state index contributed by atoms with van der Waals surface area (Å²) in [6.07, 6.45) is 8.98. The minimum absolute atomic E-state index is 0.137. The van der Waals surface area contributed by atoms with Gasteiger partial charge in [0.05, 0.1) is 0 Å². The molecular formula is C20H24P2. The van der Waals surface area contributed by atoms with Gasteiger partial charge in [-0.2, -0.15) is 0 Å². The van der Waals surface area contributed by atoms with Crippen LogP contribution in [-0.4, -0.2) is 11.3 Å². The van der Waals surface area contributed by atoms with E-state index in [1.54, 1.807) is 10.6 Å². The molecule has 2 aromatic rings. The molecule has 2 bridgehead atoms. The topological polar surface area (TPSA) is 0 Å². The third-order valence-electron chi connectivity index (χ3n) is 5.13. The van der Waals surface area contributed by atoms with Crippen molar-refractivity contribution in [2.24, 2.45) is 0 Å². The van der Waals surface area contributed by atoms with Crippen molar-refractivity contribution in [3.05, 3.63) is 60.7 Å². The van der Waals surface area contributed by atoms with Crippen molar-refractivity contribution >= 4 is 25.8 Å². The smallest absolute Gasteiger partial charge is 0.0152 e. The summed E-state index contributed by atoms with van der Waals surface area (Å²) in [5, 5.41) is 3.24. The molecule has 2 fully saturated rings. The zero-order valence-electron chi connectivity index (χ0n) is 13.1. The summed E-state index contributed by atoms with van der Waals surface area (Å²) >= 11 is 0. The van der Waals surface area contributed by atoms with Gasteiger partial charge < -0.3 is 0 Å². The summed E-state index contributed by atoms with van der Waals surface area (Å²) in [4.78, 5) is 0. The number of benzene rings is 2. The molecule has 2 heteroatoms. The molecule has 0 atom stereocenters. The molecule has 0 aromatic heterocycles. The van der Waals surface area contributed by atoms with Crippen LogP contribution in [0, 0.1) is 0 Å². The first-order chi connectivity index (χ1) is 10.9. The Labute approximate surface area is 136 Å². The summed E-state index contributed by atoms with van der Waals surface area (Å²) in [6, 6.07) is 22.9. The van der Waals surface area contributed by atoms with Crippen LogP contribution in [0.1, 0.15) is 38.5 Å². The van der Waals surface area contributed by atoms with E-state index in [1.165, 1.54) is 38.5 Å². The van der Waals surface area contributed by atoms with Crippen molar-refractivity contribution in [1.82, 2.24) is 0 Å². The minimum Gasteiger partial charge on any atom is -0.0654 e. The average molecular weight is 326 g/mol. The van der Waals surface area contributed by atoms with Gasteiger partial charge in [0.15, 0.2) is 0 Å². The van der Waals surface area contributed by atoms with Gasteiger partial charge >= 0.3 is 0 Å². The molecule has 0 N–H and O–H groups in total. The molecular weight excluding hydrogens is 302 g/mol. The van der Waals surface area contributed by atoms with E-state index in [-0.39, 0.29) is 15.2 Å². The van der Waals surface area contributed by atoms with E-state index in [9.17, 15) is 0 Å². The van der Waals surface area contributed by atoms with E-state index in [1.807, 2.05) is 0 Å². The molecule has 0 saturated carbocycles. The van der Waals surface area contributed by atoms with Crippen LogP contribution < -0.4 is 10.6 Å². The second-order valence-electron chi connectivity index (χ2n) is 6.53. The predicted molar refractivity (Wildman–Crippen MR) is 101 cm³/mol. The van der Waals surface area contributed by atoms with Gasteiger partial charge in [-0.15, -0.1) is 0 Å². The highest BCUT2D eigenvalue weighted by molar-refractivity contribution is 8.36. The van der Waals surface area contributed by atoms with Crippen LogP contribution in [0.25, 0.3) is 0 Å². The van der Waals surface area contributed by atoms with Crippen LogP contribution in [0.2, 0.25) is 0 Å². The Kier molecular flexibility index (Phi) is 4.61. The van der Waals surface area contributed by atoms with E-state index in [0.29, 0.717) is 0 Å². The van der Waals surface area contributed by atoms with Crippen LogP contribution in [0.15, 0.2) is 60.7 Å². The van der Waals surface area contributed by atoms with Crippen molar-refractivity contribution in [1.29, 1.82) is 0 Å². The molecule has 0 nitrogen and oxygen atoms in total. The summed E-state index contributed by atoms with van der Waals surface area (Å²) in [6.45, 7) is 0. The quantitative estimate of drug-likeness (QED) is 0.642. The van der Waals surface area contributed by atoms with Gasteiger partial charge in [0, 0.05) is 0 Å².